The summed E-state index contributed by atoms with van der Waals surface area (Å²) in [4.78, 5) is 25.6. The molecule has 0 aromatic heterocycles. The first kappa shape index (κ1) is 21.5. The van der Waals surface area contributed by atoms with E-state index in [1.165, 1.54) is 0 Å². The lowest BCUT2D eigenvalue weighted by atomic mass is 10.0. The standard InChI is InChI=1S/C23H30N2O3/c1-6-17-10-8-9-16(5)21(17)25-23(27)20(15(3)4)24-22(26)18-11-13-19(14-12-18)28-7-2/h8-15,20H,6-7H2,1-5H3,(H,24,26)(H,25,27). The first-order chi connectivity index (χ1) is 13.4. The molecule has 5 heteroatoms. The third kappa shape index (κ3) is 5.35. The second kappa shape index (κ2) is 9.93. The fourth-order valence-electron chi connectivity index (χ4n) is 3.03. The van der Waals surface area contributed by atoms with Crippen molar-refractivity contribution in [2.75, 3.05) is 11.9 Å². The molecule has 2 amide bonds. The normalized spacial score (nSPS) is 11.8. The number of amides is 2. The number of para-hydroxylation sites is 1. The Kier molecular flexibility index (Phi) is 7.61. The Balaban J connectivity index is 2.14. The zero-order chi connectivity index (χ0) is 20.7. The predicted octanol–water partition coefficient (Wildman–Crippen LogP) is 4.35. The van der Waals surface area contributed by atoms with Crippen molar-refractivity contribution >= 4 is 17.5 Å². The summed E-state index contributed by atoms with van der Waals surface area (Å²) in [6.45, 7) is 10.3. The van der Waals surface area contributed by atoms with Crippen molar-refractivity contribution in [3.8, 4) is 5.75 Å². The van der Waals surface area contributed by atoms with Gasteiger partial charge in [-0.05, 0) is 61.6 Å². The number of benzene rings is 2. The Morgan fingerprint density at radius 2 is 1.71 bits per heavy atom. The lowest BCUT2D eigenvalue weighted by Gasteiger charge is -2.23. The molecule has 0 spiro atoms. The topological polar surface area (TPSA) is 67.4 Å². The molecule has 2 rings (SSSR count). The van der Waals surface area contributed by atoms with Gasteiger partial charge in [0.05, 0.1) is 6.61 Å². The van der Waals surface area contributed by atoms with Crippen molar-refractivity contribution in [3.05, 3.63) is 59.2 Å². The van der Waals surface area contributed by atoms with Crippen LogP contribution >= 0.6 is 0 Å². The molecule has 0 aliphatic heterocycles. The second-order valence-corrected chi connectivity index (χ2v) is 7.10. The highest BCUT2D eigenvalue weighted by molar-refractivity contribution is 6.01. The zero-order valence-corrected chi connectivity index (χ0v) is 17.3. The van der Waals surface area contributed by atoms with Crippen LogP contribution in [0.2, 0.25) is 0 Å². The van der Waals surface area contributed by atoms with Gasteiger partial charge >= 0.3 is 0 Å². The number of carbonyl (C=O) groups excluding carboxylic acids is 2. The molecular weight excluding hydrogens is 352 g/mol. The van der Waals surface area contributed by atoms with Crippen molar-refractivity contribution < 1.29 is 14.3 Å². The van der Waals surface area contributed by atoms with E-state index in [4.69, 9.17) is 4.74 Å². The summed E-state index contributed by atoms with van der Waals surface area (Å²) in [7, 11) is 0. The van der Waals surface area contributed by atoms with Crippen LogP contribution in [0.1, 0.15) is 49.2 Å². The molecule has 0 radical (unpaired) electrons. The summed E-state index contributed by atoms with van der Waals surface area (Å²) < 4.78 is 5.40. The van der Waals surface area contributed by atoms with Gasteiger partial charge in [0.15, 0.2) is 0 Å². The van der Waals surface area contributed by atoms with Crippen LogP contribution in [-0.4, -0.2) is 24.5 Å². The van der Waals surface area contributed by atoms with E-state index in [9.17, 15) is 9.59 Å². The summed E-state index contributed by atoms with van der Waals surface area (Å²) >= 11 is 0. The summed E-state index contributed by atoms with van der Waals surface area (Å²) in [5.74, 6) is 0.167. The van der Waals surface area contributed by atoms with Crippen LogP contribution in [-0.2, 0) is 11.2 Å². The SMILES string of the molecule is CCOc1ccc(C(=O)NC(C(=O)Nc2c(C)cccc2CC)C(C)C)cc1. The van der Waals surface area contributed by atoms with E-state index in [0.29, 0.717) is 17.9 Å². The number of rotatable bonds is 8. The molecule has 5 nitrogen and oxygen atoms in total. The highest BCUT2D eigenvalue weighted by Crippen LogP contribution is 2.22. The Hall–Kier alpha value is -2.82. The molecule has 1 atom stereocenters. The highest BCUT2D eigenvalue weighted by Gasteiger charge is 2.25. The molecule has 0 aliphatic rings. The van der Waals surface area contributed by atoms with Gasteiger partial charge in [-0.2, -0.15) is 0 Å². The molecule has 0 aliphatic carbocycles. The first-order valence-corrected chi connectivity index (χ1v) is 9.80. The lowest BCUT2D eigenvalue weighted by molar-refractivity contribution is -0.118. The molecule has 0 saturated heterocycles. The third-order valence-electron chi connectivity index (χ3n) is 4.65. The number of hydrogen-bond acceptors (Lipinski definition) is 3. The molecule has 0 fully saturated rings. The number of hydrogen-bond donors (Lipinski definition) is 2. The van der Waals surface area contributed by atoms with Gasteiger partial charge in [0.2, 0.25) is 5.91 Å². The van der Waals surface area contributed by atoms with E-state index < -0.39 is 6.04 Å². The smallest absolute Gasteiger partial charge is 0.251 e. The summed E-state index contributed by atoms with van der Waals surface area (Å²) in [6, 6.07) is 12.2. The van der Waals surface area contributed by atoms with E-state index in [1.54, 1.807) is 24.3 Å². The van der Waals surface area contributed by atoms with Crippen molar-refractivity contribution in [1.82, 2.24) is 5.32 Å². The van der Waals surface area contributed by atoms with Crippen molar-refractivity contribution in [2.45, 2.75) is 47.1 Å². The maximum absolute atomic E-state index is 12.9. The molecule has 1 unspecified atom stereocenters. The number of carbonyl (C=O) groups is 2. The van der Waals surface area contributed by atoms with Crippen LogP contribution in [0.15, 0.2) is 42.5 Å². The molecule has 28 heavy (non-hydrogen) atoms. The number of ether oxygens (including phenoxy) is 1. The quantitative estimate of drug-likeness (QED) is 0.713. The average Bonchev–Trinajstić information content (AvgIpc) is 2.67. The minimum atomic E-state index is -0.636. The summed E-state index contributed by atoms with van der Waals surface area (Å²) in [5, 5.41) is 5.89. The number of aryl methyl sites for hydroxylation is 2. The molecule has 2 aromatic rings. The van der Waals surface area contributed by atoms with Crippen molar-refractivity contribution in [1.29, 1.82) is 0 Å². The van der Waals surface area contributed by atoms with Crippen LogP contribution < -0.4 is 15.4 Å². The summed E-state index contributed by atoms with van der Waals surface area (Å²) in [6.07, 6.45) is 0.822. The molecule has 150 valence electrons. The van der Waals surface area contributed by atoms with Crippen molar-refractivity contribution in [3.63, 3.8) is 0 Å². The Morgan fingerprint density at radius 1 is 1.04 bits per heavy atom. The van der Waals surface area contributed by atoms with Crippen molar-refractivity contribution in [2.24, 2.45) is 5.92 Å². The highest BCUT2D eigenvalue weighted by atomic mass is 16.5. The Morgan fingerprint density at radius 3 is 2.29 bits per heavy atom. The Bertz CT molecular complexity index is 813. The molecule has 0 saturated carbocycles. The van der Waals surface area contributed by atoms with Gasteiger partial charge in [-0.15, -0.1) is 0 Å². The van der Waals surface area contributed by atoms with Gasteiger partial charge in [0, 0.05) is 11.3 Å². The van der Waals surface area contributed by atoms with Gasteiger partial charge in [0.25, 0.3) is 5.91 Å². The van der Waals surface area contributed by atoms with Crippen LogP contribution in [0.3, 0.4) is 0 Å². The number of anilines is 1. The fraction of sp³-hybridized carbons (Fsp3) is 0.391. The van der Waals surface area contributed by atoms with Crippen LogP contribution in [0.5, 0.6) is 5.75 Å². The monoisotopic (exact) mass is 382 g/mol. The lowest BCUT2D eigenvalue weighted by Crippen LogP contribution is -2.47. The van der Waals surface area contributed by atoms with E-state index >= 15 is 0 Å². The van der Waals surface area contributed by atoms with Crippen LogP contribution in [0, 0.1) is 12.8 Å². The van der Waals surface area contributed by atoms with Gasteiger partial charge in [-0.25, -0.2) is 0 Å². The molecular formula is C23H30N2O3. The van der Waals surface area contributed by atoms with E-state index in [2.05, 4.69) is 17.6 Å². The van der Waals surface area contributed by atoms with Crippen LogP contribution in [0.25, 0.3) is 0 Å². The maximum Gasteiger partial charge on any atom is 0.251 e. The third-order valence-corrected chi connectivity index (χ3v) is 4.65. The van der Waals surface area contributed by atoms with Gasteiger partial charge in [-0.1, -0.05) is 39.0 Å². The van der Waals surface area contributed by atoms with E-state index in [0.717, 1.165) is 23.2 Å². The summed E-state index contributed by atoms with van der Waals surface area (Å²) in [5.41, 5.74) is 3.41. The predicted molar refractivity (Wildman–Crippen MR) is 113 cm³/mol. The van der Waals surface area contributed by atoms with E-state index in [-0.39, 0.29) is 17.7 Å². The molecule has 2 aromatic carbocycles. The largest absolute Gasteiger partial charge is 0.494 e. The van der Waals surface area contributed by atoms with Gasteiger partial charge in [-0.3, -0.25) is 9.59 Å². The number of nitrogens with one attached hydrogen (secondary N) is 2. The first-order valence-electron chi connectivity index (χ1n) is 9.80. The molecule has 2 N–H and O–H groups in total. The second-order valence-electron chi connectivity index (χ2n) is 7.10. The zero-order valence-electron chi connectivity index (χ0n) is 17.3. The van der Waals surface area contributed by atoms with Crippen LogP contribution in [0.4, 0.5) is 5.69 Å². The molecule has 0 heterocycles. The van der Waals surface area contributed by atoms with Gasteiger partial charge < -0.3 is 15.4 Å². The fourth-order valence-corrected chi connectivity index (χ4v) is 3.03. The Labute approximate surface area is 167 Å². The van der Waals surface area contributed by atoms with E-state index in [1.807, 2.05) is 45.9 Å². The van der Waals surface area contributed by atoms with Gasteiger partial charge in [0.1, 0.15) is 11.8 Å². The minimum Gasteiger partial charge on any atom is -0.494 e. The average molecular weight is 383 g/mol. The minimum absolute atomic E-state index is 0.0549. The molecule has 0 bridgehead atoms. The maximum atomic E-state index is 12.9.